The maximum atomic E-state index is 13.3. The van der Waals surface area contributed by atoms with E-state index in [1.165, 1.54) is 22.4 Å². The van der Waals surface area contributed by atoms with Gasteiger partial charge < -0.3 is 10.1 Å². The molecule has 1 aliphatic heterocycles. The van der Waals surface area contributed by atoms with Crippen LogP contribution in [0.2, 0.25) is 0 Å². The van der Waals surface area contributed by atoms with E-state index < -0.39 is 29.7 Å². The van der Waals surface area contributed by atoms with Crippen LogP contribution in [0.4, 0.5) is 15.4 Å². The number of aromatic nitrogens is 2. The van der Waals surface area contributed by atoms with Crippen LogP contribution in [-0.4, -0.2) is 62.7 Å². The van der Waals surface area contributed by atoms with Crippen molar-refractivity contribution in [2.24, 2.45) is 5.92 Å². The molecule has 1 aliphatic rings. The highest BCUT2D eigenvalue weighted by Crippen LogP contribution is 2.19. The third kappa shape index (κ3) is 6.53. The van der Waals surface area contributed by atoms with Crippen LogP contribution in [0.3, 0.4) is 0 Å². The van der Waals surface area contributed by atoms with Crippen LogP contribution in [0.25, 0.3) is 0 Å². The van der Waals surface area contributed by atoms with Crippen LogP contribution in [0, 0.1) is 17.2 Å². The summed E-state index contributed by atoms with van der Waals surface area (Å²) in [5, 5.41) is 16.6. The lowest BCUT2D eigenvalue weighted by Gasteiger charge is -2.33. The van der Waals surface area contributed by atoms with Gasteiger partial charge in [-0.1, -0.05) is 20.3 Å². The molecule has 2 rings (SSSR count). The van der Waals surface area contributed by atoms with E-state index in [-0.39, 0.29) is 17.4 Å². The molecule has 1 aromatic heterocycles. The summed E-state index contributed by atoms with van der Waals surface area (Å²) in [7, 11) is 0. The van der Waals surface area contributed by atoms with Gasteiger partial charge >= 0.3 is 12.1 Å². The van der Waals surface area contributed by atoms with E-state index in [0.29, 0.717) is 25.9 Å². The first-order valence-electron chi connectivity index (χ1n) is 10.2. The molecule has 0 aliphatic carbocycles. The second kappa shape index (κ2) is 10.1. The molecule has 1 aromatic rings. The number of anilines is 1. The molecule has 4 amide bonds. The Bertz CT molecular complexity index is 845. The van der Waals surface area contributed by atoms with Crippen molar-refractivity contribution in [2.75, 3.05) is 18.4 Å². The summed E-state index contributed by atoms with van der Waals surface area (Å²) < 4.78 is 5.30. The first-order valence-corrected chi connectivity index (χ1v) is 10.2. The second-order valence-electron chi connectivity index (χ2n) is 8.28. The van der Waals surface area contributed by atoms with Crippen LogP contribution < -0.4 is 10.6 Å². The molecule has 0 bridgehead atoms. The largest absolute Gasteiger partial charge is 0.444 e. The molecule has 0 unspecified atom stereocenters. The highest BCUT2D eigenvalue weighted by atomic mass is 16.6. The first kappa shape index (κ1) is 23.9. The Balaban J connectivity index is 2.12. The second-order valence-corrected chi connectivity index (χ2v) is 8.28. The summed E-state index contributed by atoms with van der Waals surface area (Å²) in [5.74, 6) is -0.401. The van der Waals surface area contributed by atoms with Gasteiger partial charge in [0, 0.05) is 13.1 Å². The van der Waals surface area contributed by atoms with Crippen LogP contribution in [0.5, 0.6) is 0 Å². The van der Waals surface area contributed by atoms with Crippen molar-refractivity contribution in [1.29, 1.82) is 5.26 Å². The van der Waals surface area contributed by atoms with E-state index in [1.54, 1.807) is 20.8 Å². The van der Waals surface area contributed by atoms with Gasteiger partial charge in [0.2, 0.25) is 0 Å². The van der Waals surface area contributed by atoms with Gasteiger partial charge in [-0.25, -0.2) is 29.6 Å². The number of hydrazine groups is 1. The Labute approximate surface area is 181 Å². The highest BCUT2D eigenvalue weighted by molar-refractivity contribution is 5.92. The molecule has 2 heterocycles. The minimum atomic E-state index is -0.844. The Morgan fingerprint density at radius 3 is 2.45 bits per heavy atom. The number of rotatable bonds is 5. The molecule has 168 valence electrons. The fourth-order valence-electron chi connectivity index (χ4n) is 2.95. The lowest BCUT2D eigenvalue weighted by Crippen LogP contribution is -2.56. The molecule has 11 heteroatoms. The van der Waals surface area contributed by atoms with Gasteiger partial charge in [0.15, 0.2) is 11.5 Å². The van der Waals surface area contributed by atoms with Crippen molar-refractivity contribution in [3.63, 3.8) is 0 Å². The Morgan fingerprint density at radius 2 is 1.90 bits per heavy atom. The number of nitriles is 1. The average Bonchev–Trinajstić information content (AvgIpc) is 3.20. The zero-order valence-corrected chi connectivity index (χ0v) is 18.5. The van der Waals surface area contributed by atoms with Crippen molar-refractivity contribution in [1.82, 2.24) is 25.3 Å². The van der Waals surface area contributed by atoms with E-state index in [9.17, 15) is 14.4 Å². The highest BCUT2D eigenvalue weighted by Gasteiger charge is 2.38. The normalized spacial score (nSPS) is 15.6. The van der Waals surface area contributed by atoms with Crippen LogP contribution in [-0.2, 0) is 9.53 Å². The number of nitrogens with one attached hydrogen (secondary N) is 2. The van der Waals surface area contributed by atoms with Gasteiger partial charge in [-0.15, -0.1) is 0 Å². The number of carbonyl (C=O) groups is 3. The van der Waals surface area contributed by atoms with Gasteiger partial charge in [0.05, 0.1) is 12.4 Å². The monoisotopic (exact) mass is 431 g/mol. The minimum absolute atomic E-state index is 0.126. The summed E-state index contributed by atoms with van der Waals surface area (Å²) in [6, 6.07) is 0.453. The molecule has 0 saturated carbocycles. The van der Waals surface area contributed by atoms with Crippen molar-refractivity contribution in [2.45, 2.75) is 59.1 Å². The zero-order valence-electron chi connectivity index (χ0n) is 18.5. The summed E-state index contributed by atoms with van der Waals surface area (Å²) in [6.07, 6.45) is 3.07. The number of alkyl carbamates (subject to hydrolysis) is 1. The topological polar surface area (TPSA) is 141 Å². The maximum absolute atomic E-state index is 13.3. The van der Waals surface area contributed by atoms with E-state index >= 15 is 0 Å². The van der Waals surface area contributed by atoms with Crippen LogP contribution in [0.15, 0.2) is 12.4 Å². The van der Waals surface area contributed by atoms with Crippen molar-refractivity contribution in [3.05, 3.63) is 18.1 Å². The maximum Gasteiger partial charge on any atom is 0.408 e. The van der Waals surface area contributed by atoms with E-state index in [4.69, 9.17) is 10.00 Å². The molecular formula is C20H29N7O4. The molecule has 2 N–H and O–H groups in total. The Hall–Kier alpha value is -3.42. The van der Waals surface area contributed by atoms with Crippen molar-refractivity contribution >= 4 is 23.8 Å². The Morgan fingerprint density at radius 1 is 1.23 bits per heavy atom. The molecule has 0 radical (unpaired) electrons. The van der Waals surface area contributed by atoms with Gasteiger partial charge in [0.25, 0.3) is 5.91 Å². The molecule has 1 fully saturated rings. The third-order valence-electron chi connectivity index (χ3n) is 4.67. The van der Waals surface area contributed by atoms with E-state index in [0.717, 1.165) is 0 Å². The molecule has 0 aromatic carbocycles. The zero-order chi connectivity index (χ0) is 23.2. The smallest absolute Gasteiger partial charge is 0.408 e. The standard InChI is InChI=1S/C20H29N7O4/c1-6-13(2)16(25-19(30)31-20(3,4)5)17(28)26-8-7-9-27(26)18(29)24-15-12-22-14(10-21)11-23-15/h11-13,16H,6-9H2,1-5H3,(H,25,30)(H,23,24,29)/t13-,16-/m0/s1. The number of carbonyl (C=O) groups excluding carboxylic acids is 3. The van der Waals surface area contributed by atoms with Gasteiger partial charge in [0.1, 0.15) is 17.7 Å². The molecule has 0 spiro atoms. The first-order chi connectivity index (χ1) is 14.6. The third-order valence-corrected chi connectivity index (χ3v) is 4.67. The van der Waals surface area contributed by atoms with Crippen LogP contribution in [0.1, 0.15) is 53.2 Å². The molecule has 11 nitrogen and oxygen atoms in total. The average molecular weight is 431 g/mol. The fraction of sp³-hybridized carbons (Fsp3) is 0.600. The number of nitrogens with zero attached hydrogens (tertiary/aromatic N) is 5. The number of ether oxygens (including phenoxy) is 1. The van der Waals surface area contributed by atoms with Crippen LogP contribution >= 0.6 is 0 Å². The van der Waals surface area contributed by atoms with Crippen molar-refractivity contribution in [3.8, 4) is 6.07 Å². The lowest BCUT2D eigenvalue weighted by molar-refractivity contribution is -0.143. The summed E-state index contributed by atoms with van der Waals surface area (Å²) in [5.41, 5.74) is -0.574. The quantitative estimate of drug-likeness (QED) is 0.728. The van der Waals surface area contributed by atoms with Gasteiger partial charge in [-0.2, -0.15) is 5.26 Å². The SMILES string of the molecule is CC[C@H](C)[C@H](NC(=O)OC(C)(C)C)C(=O)N1CCCN1C(=O)Nc1cnc(C#N)cn1. The molecular weight excluding hydrogens is 402 g/mol. The fourth-order valence-corrected chi connectivity index (χ4v) is 2.95. The predicted molar refractivity (Wildman–Crippen MR) is 111 cm³/mol. The number of amides is 4. The van der Waals surface area contributed by atoms with Gasteiger partial charge in [-0.05, 0) is 33.1 Å². The van der Waals surface area contributed by atoms with E-state index in [1.807, 2.05) is 19.9 Å². The number of urea groups is 1. The molecule has 1 saturated heterocycles. The Kier molecular flexibility index (Phi) is 7.74. The van der Waals surface area contributed by atoms with Crippen molar-refractivity contribution < 1.29 is 19.1 Å². The predicted octanol–water partition coefficient (Wildman–Crippen LogP) is 2.27. The lowest BCUT2D eigenvalue weighted by atomic mass is 9.98. The summed E-state index contributed by atoms with van der Waals surface area (Å²) >= 11 is 0. The van der Waals surface area contributed by atoms with Gasteiger partial charge in [-0.3, -0.25) is 10.1 Å². The summed E-state index contributed by atoms with van der Waals surface area (Å²) in [6.45, 7) is 9.67. The minimum Gasteiger partial charge on any atom is -0.444 e. The molecule has 2 atom stereocenters. The number of hydrogen-bond donors (Lipinski definition) is 2. The summed E-state index contributed by atoms with van der Waals surface area (Å²) in [4.78, 5) is 46.1. The number of hydrogen-bond acceptors (Lipinski definition) is 7. The molecule has 31 heavy (non-hydrogen) atoms. The van der Waals surface area contributed by atoms with E-state index in [2.05, 4.69) is 20.6 Å².